The van der Waals surface area contributed by atoms with E-state index in [0.717, 1.165) is 39.0 Å². The van der Waals surface area contributed by atoms with Crippen LogP contribution in [0, 0.1) is 0 Å². The topological polar surface area (TPSA) is 52.7 Å². The van der Waals surface area contributed by atoms with Crippen molar-refractivity contribution in [2.45, 2.75) is 44.6 Å². The van der Waals surface area contributed by atoms with Crippen molar-refractivity contribution in [3.63, 3.8) is 0 Å². The predicted molar refractivity (Wildman–Crippen MR) is 82.3 cm³/mol. The maximum absolute atomic E-state index is 12.3. The molecular formula is C14H29N3O2S. The van der Waals surface area contributed by atoms with Gasteiger partial charge in [0.15, 0.2) is 0 Å². The summed E-state index contributed by atoms with van der Waals surface area (Å²) in [4.78, 5) is 2.36. The highest BCUT2D eigenvalue weighted by Gasteiger charge is 2.22. The van der Waals surface area contributed by atoms with Gasteiger partial charge in [-0.3, -0.25) is 0 Å². The molecule has 0 amide bonds. The molecule has 5 nitrogen and oxygen atoms in total. The molecular weight excluding hydrogens is 274 g/mol. The van der Waals surface area contributed by atoms with Crippen molar-refractivity contribution in [3.05, 3.63) is 0 Å². The average molecular weight is 303 g/mol. The second-order valence-electron chi connectivity index (χ2n) is 6.12. The maximum atomic E-state index is 12.3. The van der Waals surface area contributed by atoms with E-state index < -0.39 is 10.0 Å². The number of rotatable bonds is 7. The highest BCUT2D eigenvalue weighted by atomic mass is 32.2. The molecule has 2 rings (SSSR count). The van der Waals surface area contributed by atoms with Crippen LogP contribution in [0.15, 0.2) is 0 Å². The van der Waals surface area contributed by atoms with Crippen molar-refractivity contribution in [1.82, 2.24) is 14.5 Å². The first kappa shape index (κ1) is 16.2. The third-order valence-electron chi connectivity index (χ3n) is 4.54. The molecule has 0 saturated carbocycles. The van der Waals surface area contributed by atoms with Gasteiger partial charge in [0.05, 0.1) is 5.75 Å². The third kappa shape index (κ3) is 4.98. The van der Waals surface area contributed by atoms with Gasteiger partial charge in [-0.25, -0.2) is 12.7 Å². The Morgan fingerprint density at radius 1 is 1.20 bits per heavy atom. The van der Waals surface area contributed by atoms with E-state index in [1.807, 2.05) is 0 Å². The van der Waals surface area contributed by atoms with Crippen LogP contribution >= 0.6 is 0 Å². The molecule has 2 heterocycles. The van der Waals surface area contributed by atoms with Gasteiger partial charge in [-0.1, -0.05) is 6.42 Å². The van der Waals surface area contributed by atoms with Gasteiger partial charge < -0.3 is 10.2 Å². The first-order valence-electron chi connectivity index (χ1n) is 7.98. The van der Waals surface area contributed by atoms with Crippen LogP contribution in [-0.4, -0.2) is 69.2 Å². The molecule has 0 aliphatic carbocycles. The van der Waals surface area contributed by atoms with Gasteiger partial charge in [-0.05, 0) is 51.7 Å². The Bertz CT molecular complexity index is 374. The Hall–Kier alpha value is -0.170. The number of nitrogens with one attached hydrogen (secondary N) is 1. The van der Waals surface area contributed by atoms with Gasteiger partial charge in [-0.2, -0.15) is 0 Å². The molecule has 0 aromatic heterocycles. The Morgan fingerprint density at radius 3 is 2.60 bits per heavy atom. The van der Waals surface area contributed by atoms with Crippen LogP contribution in [0.3, 0.4) is 0 Å². The van der Waals surface area contributed by atoms with Crippen molar-refractivity contribution in [2.75, 3.05) is 45.5 Å². The molecule has 0 radical (unpaired) electrons. The summed E-state index contributed by atoms with van der Waals surface area (Å²) < 4.78 is 26.1. The van der Waals surface area contributed by atoms with E-state index in [4.69, 9.17) is 0 Å². The van der Waals surface area contributed by atoms with Crippen molar-refractivity contribution >= 4 is 10.0 Å². The largest absolute Gasteiger partial charge is 0.314 e. The quantitative estimate of drug-likeness (QED) is 0.758. The molecule has 0 aromatic rings. The predicted octanol–water partition coefficient (Wildman–Crippen LogP) is 0.876. The highest BCUT2D eigenvalue weighted by Crippen LogP contribution is 2.13. The van der Waals surface area contributed by atoms with Gasteiger partial charge in [0.1, 0.15) is 0 Å². The van der Waals surface area contributed by atoms with Gasteiger partial charge in [0.2, 0.25) is 10.0 Å². The van der Waals surface area contributed by atoms with Crippen LogP contribution in [0.2, 0.25) is 0 Å². The van der Waals surface area contributed by atoms with Crippen molar-refractivity contribution < 1.29 is 8.42 Å². The standard InChI is InChI=1S/C14H29N3O2S/c1-16(11-12-17-9-4-5-10-17)20(18,19)13-7-14-6-2-3-8-15-14/h14-15H,2-13H2,1H3. The molecule has 2 aliphatic heterocycles. The number of likely N-dealkylation sites (N-methyl/N-ethyl adjacent to an activating group) is 1. The van der Waals surface area contributed by atoms with Crippen molar-refractivity contribution in [1.29, 1.82) is 0 Å². The monoisotopic (exact) mass is 303 g/mol. The van der Waals surface area contributed by atoms with E-state index in [1.165, 1.54) is 25.7 Å². The number of likely N-dealkylation sites (tertiary alicyclic amines) is 1. The van der Waals surface area contributed by atoms with E-state index in [2.05, 4.69) is 10.2 Å². The van der Waals surface area contributed by atoms with Gasteiger partial charge >= 0.3 is 0 Å². The molecule has 6 heteroatoms. The molecule has 1 unspecified atom stereocenters. The minimum absolute atomic E-state index is 0.279. The zero-order valence-corrected chi connectivity index (χ0v) is 13.5. The highest BCUT2D eigenvalue weighted by molar-refractivity contribution is 7.89. The van der Waals surface area contributed by atoms with Crippen LogP contribution in [0.5, 0.6) is 0 Å². The van der Waals surface area contributed by atoms with Gasteiger partial charge in [0, 0.05) is 26.2 Å². The molecule has 2 fully saturated rings. The van der Waals surface area contributed by atoms with Crippen LogP contribution in [0.25, 0.3) is 0 Å². The first-order valence-corrected chi connectivity index (χ1v) is 9.58. The number of nitrogens with zero attached hydrogens (tertiary/aromatic N) is 2. The van der Waals surface area contributed by atoms with Crippen molar-refractivity contribution in [3.8, 4) is 0 Å². The Kier molecular flexibility index (Phi) is 6.26. The summed E-state index contributed by atoms with van der Waals surface area (Å²) >= 11 is 0. The van der Waals surface area contributed by atoms with Gasteiger partial charge in [0.25, 0.3) is 0 Å². The number of hydrogen-bond donors (Lipinski definition) is 1. The Labute approximate surface area is 123 Å². The van der Waals surface area contributed by atoms with Crippen LogP contribution in [0.4, 0.5) is 0 Å². The Balaban J connectivity index is 1.70. The molecule has 0 aromatic carbocycles. The first-order chi connectivity index (χ1) is 9.58. The third-order valence-corrected chi connectivity index (χ3v) is 6.43. The fourth-order valence-corrected chi connectivity index (χ4v) is 4.30. The van der Waals surface area contributed by atoms with Gasteiger partial charge in [-0.15, -0.1) is 0 Å². The van der Waals surface area contributed by atoms with E-state index in [-0.39, 0.29) is 5.75 Å². The average Bonchev–Trinajstić information content (AvgIpc) is 2.97. The second kappa shape index (κ2) is 7.73. The summed E-state index contributed by atoms with van der Waals surface area (Å²) in [7, 11) is -1.36. The number of piperidine rings is 1. The zero-order valence-electron chi connectivity index (χ0n) is 12.7. The van der Waals surface area contributed by atoms with E-state index in [1.54, 1.807) is 11.4 Å². The molecule has 0 spiro atoms. The van der Waals surface area contributed by atoms with Crippen LogP contribution in [-0.2, 0) is 10.0 Å². The van der Waals surface area contributed by atoms with Crippen LogP contribution in [0.1, 0.15) is 38.5 Å². The number of hydrogen-bond acceptors (Lipinski definition) is 4. The smallest absolute Gasteiger partial charge is 0.213 e. The fraction of sp³-hybridized carbons (Fsp3) is 1.00. The molecule has 2 aliphatic rings. The maximum Gasteiger partial charge on any atom is 0.213 e. The molecule has 1 N–H and O–H groups in total. The van der Waals surface area contributed by atoms with E-state index in [0.29, 0.717) is 12.6 Å². The van der Waals surface area contributed by atoms with E-state index in [9.17, 15) is 8.42 Å². The summed E-state index contributed by atoms with van der Waals surface area (Å²) in [6, 6.07) is 0.394. The zero-order chi connectivity index (χ0) is 14.4. The summed E-state index contributed by atoms with van der Waals surface area (Å²) in [6.45, 7) is 4.78. The summed E-state index contributed by atoms with van der Waals surface area (Å²) in [6.07, 6.45) is 6.82. The molecule has 118 valence electrons. The molecule has 0 bridgehead atoms. The lowest BCUT2D eigenvalue weighted by atomic mass is 10.0. The van der Waals surface area contributed by atoms with E-state index >= 15 is 0 Å². The number of sulfonamides is 1. The summed E-state index contributed by atoms with van der Waals surface area (Å²) in [5.41, 5.74) is 0. The fourth-order valence-electron chi connectivity index (χ4n) is 3.04. The summed E-state index contributed by atoms with van der Waals surface area (Å²) in [5, 5.41) is 3.42. The summed E-state index contributed by atoms with van der Waals surface area (Å²) in [5.74, 6) is 0.279. The molecule has 2 saturated heterocycles. The minimum Gasteiger partial charge on any atom is -0.314 e. The molecule has 1 atom stereocenters. The lowest BCUT2D eigenvalue weighted by Crippen LogP contribution is -2.39. The normalized spacial score (nSPS) is 25.4. The lowest BCUT2D eigenvalue weighted by molar-refractivity contribution is 0.309. The minimum atomic E-state index is -3.08. The lowest BCUT2D eigenvalue weighted by Gasteiger charge is -2.25. The van der Waals surface area contributed by atoms with Crippen LogP contribution < -0.4 is 5.32 Å². The molecule has 20 heavy (non-hydrogen) atoms. The Morgan fingerprint density at radius 2 is 1.95 bits per heavy atom. The second-order valence-corrected chi connectivity index (χ2v) is 8.32. The van der Waals surface area contributed by atoms with Crippen molar-refractivity contribution in [2.24, 2.45) is 0 Å². The SMILES string of the molecule is CN(CCN1CCCC1)S(=O)(=O)CCC1CCCCN1.